The molecule has 0 aliphatic rings. The summed E-state index contributed by atoms with van der Waals surface area (Å²) in [5.41, 5.74) is 0. The highest BCUT2D eigenvalue weighted by Gasteiger charge is 2.32. The summed E-state index contributed by atoms with van der Waals surface area (Å²) in [7, 11) is 0. The van der Waals surface area contributed by atoms with Gasteiger partial charge in [0.25, 0.3) is 0 Å². The van der Waals surface area contributed by atoms with E-state index in [4.69, 9.17) is 50.2 Å². The molecule has 0 aromatic carbocycles. The Kier molecular flexibility index (Phi) is 21.0. The van der Waals surface area contributed by atoms with Crippen LogP contribution in [0, 0.1) is 0 Å². The number of alkyl carbamates (subject to hydrolysis) is 1. The summed E-state index contributed by atoms with van der Waals surface area (Å²) in [4.78, 5) is 49.7. The Labute approximate surface area is 216 Å². The molecule has 0 saturated carbocycles. The van der Waals surface area contributed by atoms with Crippen LogP contribution in [0.15, 0.2) is 0 Å². The van der Waals surface area contributed by atoms with Gasteiger partial charge in [0.2, 0.25) is 0 Å². The predicted octanol–water partition coefficient (Wildman–Crippen LogP) is 0.543. The Morgan fingerprint density at radius 3 is 1.47 bits per heavy atom. The number of ether oxygens (including phenoxy) is 4. The van der Waals surface area contributed by atoms with Crippen molar-refractivity contribution in [1.29, 1.82) is 0 Å². The number of unbranched alkanes of at least 4 members (excludes halogenated alkanes) is 3. The molecule has 7 N–H and O–H groups in total. The molecule has 0 aromatic heterocycles. The van der Waals surface area contributed by atoms with Gasteiger partial charge in [-0.3, -0.25) is 45.8 Å². The summed E-state index contributed by atoms with van der Waals surface area (Å²) in [6, 6.07) is -1.48. The van der Waals surface area contributed by atoms with Gasteiger partial charge in [-0.05, 0) is 45.4 Å². The molecule has 0 aromatic rings. The minimum Gasteiger partial charge on any atom is -0.464 e. The summed E-state index contributed by atoms with van der Waals surface area (Å²) in [5.74, 6) is -0.955. The molecular formula is C18H36N4O16. The number of nitrogens with zero attached hydrogens (tertiary/aromatic N) is 3. The van der Waals surface area contributed by atoms with E-state index in [0.717, 1.165) is 0 Å². The Morgan fingerprint density at radius 2 is 1.03 bits per heavy atom. The number of carbonyl (C=O) groups excluding carboxylic acids is 3. The van der Waals surface area contributed by atoms with Crippen molar-refractivity contribution in [3.63, 3.8) is 0 Å². The maximum Gasteiger partial charge on any atom is 0.508 e. The second-order valence-corrected chi connectivity index (χ2v) is 7.23. The predicted molar refractivity (Wildman–Crippen MR) is 113 cm³/mol. The molecule has 0 fully saturated rings. The molecule has 38 heavy (non-hydrogen) atoms. The zero-order valence-corrected chi connectivity index (χ0v) is 20.7. The minimum absolute atomic E-state index is 0.0551. The van der Waals surface area contributed by atoms with E-state index in [1.807, 2.05) is 0 Å². The third kappa shape index (κ3) is 21.6. The average Bonchev–Trinajstić information content (AvgIpc) is 2.83. The maximum absolute atomic E-state index is 12.5. The van der Waals surface area contributed by atoms with Crippen LogP contribution in [0.4, 0.5) is 9.59 Å². The van der Waals surface area contributed by atoms with Gasteiger partial charge in [-0.1, -0.05) is 0 Å². The number of carbonyl (C=O) groups is 3. The Balaban J connectivity index is 4.66. The fourth-order valence-corrected chi connectivity index (χ4v) is 2.42. The van der Waals surface area contributed by atoms with Gasteiger partial charge in [-0.15, -0.1) is 0 Å². The van der Waals surface area contributed by atoms with E-state index in [1.54, 1.807) is 0 Å². The summed E-state index contributed by atoms with van der Waals surface area (Å²) in [6.07, 6.45) is -1.67. The number of rotatable bonds is 22. The zero-order chi connectivity index (χ0) is 28.8. The van der Waals surface area contributed by atoms with Crippen LogP contribution in [0.25, 0.3) is 0 Å². The number of hydrogen-bond donors (Lipinski definition) is 7. The second-order valence-electron chi connectivity index (χ2n) is 7.23. The van der Waals surface area contributed by atoms with Crippen molar-refractivity contribution in [3.8, 4) is 0 Å². The first kappa shape index (κ1) is 35.5. The van der Waals surface area contributed by atoms with E-state index in [1.165, 1.54) is 6.92 Å². The lowest BCUT2D eigenvalue weighted by Gasteiger charge is -2.23. The van der Waals surface area contributed by atoms with Crippen LogP contribution in [-0.2, 0) is 38.3 Å². The van der Waals surface area contributed by atoms with Crippen molar-refractivity contribution in [2.24, 2.45) is 0 Å². The van der Waals surface area contributed by atoms with Gasteiger partial charge in [0.05, 0.1) is 55.8 Å². The van der Waals surface area contributed by atoms with Crippen molar-refractivity contribution < 1.29 is 79.1 Å². The molecule has 2 atom stereocenters. The molecule has 1 amide bonds. The second kappa shape index (κ2) is 22.5. The third-order valence-corrected chi connectivity index (χ3v) is 4.21. The van der Waals surface area contributed by atoms with Crippen molar-refractivity contribution in [2.45, 2.75) is 57.6 Å². The van der Waals surface area contributed by atoms with Gasteiger partial charge in [0.1, 0.15) is 6.10 Å². The standard InChI is InChI=1S/C18H36N4O16/c1-14(38-18(25)34-10-4-7-13-37-22(30)31)15(16(23)32-8-2-5-11-35-20(26)27)19-17(24)33-9-3-6-12-36-21(28)29/h14-15,26-31H,2-13H2,1H3,(H,19,24). The maximum atomic E-state index is 12.5. The lowest BCUT2D eigenvalue weighted by molar-refractivity contribution is -0.492. The number of esters is 1. The van der Waals surface area contributed by atoms with Gasteiger partial charge in [0.15, 0.2) is 6.04 Å². The van der Waals surface area contributed by atoms with Crippen LogP contribution in [0.2, 0.25) is 0 Å². The summed E-state index contributed by atoms with van der Waals surface area (Å²) in [6.45, 7) is 0.771. The summed E-state index contributed by atoms with van der Waals surface area (Å²) in [5, 5.41) is 51.4. The van der Waals surface area contributed by atoms with Crippen LogP contribution < -0.4 is 5.32 Å². The fourth-order valence-electron chi connectivity index (χ4n) is 2.42. The first-order valence-electron chi connectivity index (χ1n) is 11.4. The van der Waals surface area contributed by atoms with Gasteiger partial charge in [0, 0.05) is 0 Å². The molecule has 20 nitrogen and oxygen atoms in total. The van der Waals surface area contributed by atoms with E-state index in [9.17, 15) is 14.4 Å². The Hall–Kier alpha value is -2.47. The first-order chi connectivity index (χ1) is 18.0. The van der Waals surface area contributed by atoms with Crippen molar-refractivity contribution >= 4 is 18.2 Å². The third-order valence-electron chi connectivity index (χ3n) is 4.21. The largest absolute Gasteiger partial charge is 0.508 e. The molecule has 20 heteroatoms. The highest BCUT2D eigenvalue weighted by atomic mass is 17.1. The molecular weight excluding hydrogens is 528 g/mol. The lowest BCUT2D eigenvalue weighted by Crippen LogP contribution is -2.50. The van der Waals surface area contributed by atoms with E-state index in [2.05, 4.69) is 19.8 Å². The summed E-state index contributed by atoms with van der Waals surface area (Å²) < 4.78 is 19.9. The lowest BCUT2D eigenvalue weighted by atomic mass is 10.2. The van der Waals surface area contributed by atoms with Crippen LogP contribution in [0.5, 0.6) is 0 Å². The van der Waals surface area contributed by atoms with E-state index in [0.29, 0.717) is 19.3 Å². The Morgan fingerprint density at radius 1 is 0.632 bits per heavy atom. The van der Waals surface area contributed by atoms with Gasteiger partial charge >= 0.3 is 18.2 Å². The number of hydrogen-bond acceptors (Lipinski definition) is 19. The zero-order valence-electron chi connectivity index (χ0n) is 20.7. The fraction of sp³-hybridized carbons (Fsp3) is 0.833. The molecule has 2 unspecified atom stereocenters. The quantitative estimate of drug-likeness (QED) is 0.0409. The first-order valence-corrected chi connectivity index (χ1v) is 11.4. The van der Waals surface area contributed by atoms with Crippen molar-refractivity contribution in [3.05, 3.63) is 0 Å². The molecule has 0 aliphatic carbocycles. The van der Waals surface area contributed by atoms with E-state index in [-0.39, 0.29) is 58.9 Å². The molecule has 0 bridgehead atoms. The van der Waals surface area contributed by atoms with Crippen molar-refractivity contribution in [1.82, 2.24) is 21.5 Å². The van der Waals surface area contributed by atoms with Crippen LogP contribution in [-0.4, -0.2) is 117 Å². The molecule has 224 valence electrons. The van der Waals surface area contributed by atoms with Crippen molar-refractivity contribution in [2.75, 3.05) is 39.6 Å². The molecule has 0 spiro atoms. The topological polar surface area (TPSA) is 259 Å². The van der Waals surface area contributed by atoms with Crippen LogP contribution in [0.1, 0.15) is 45.4 Å². The van der Waals surface area contributed by atoms with Gasteiger partial charge < -0.3 is 24.3 Å². The molecule has 0 radical (unpaired) electrons. The highest BCUT2D eigenvalue weighted by Crippen LogP contribution is 2.07. The van der Waals surface area contributed by atoms with E-state index >= 15 is 0 Å². The number of amides is 1. The average molecular weight is 564 g/mol. The highest BCUT2D eigenvalue weighted by molar-refractivity contribution is 5.82. The molecule has 0 aliphatic heterocycles. The number of nitrogens with one attached hydrogen (secondary N) is 1. The molecule has 0 saturated heterocycles. The van der Waals surface area contributed by atoms with Gasteiger partial charge in [-0.25, -0.2) is 14.4 Å². The molecule has 0 heterocycles. The van der Waals surface area contributed by atoms with E-state index < -0.39 is 46.5 Å². The molecule has 0 rings (SSSR count). The minimum atomic E-state index is -1.48. The Bertz CT molecular complexity index is 642. The SMILES string of the molecule is CC(OC(=O)OCCCCON(O)O)C(NC(=O)OCCCCON(O)O)C(=O)OCCCCON(O)O. The van der Waals surface area contributed by atoms with Crippen LogP contribution in [0.3, 0.4) is 0 Å². The van der Waals surface area contributed by atoms with Gasteiger partial charge in [-0.2, -0.15) is 0 Å². The summed E-state index contributed by atoms with van der Waals surface area (Å²) >= 11 is 0. The monoisotopic (exact) mass is 564 g/mol. The normalized spacial score (nSPS) is 12.9. The van der Waals surface area contributed by atoms with Crippen LogP contribution >= 0.6 is 0 Å². The smallest absolute Gasteiger partial charge is 0.464 e.